The zero-order chi connectivity index (χ0) is 16.1. The molecule has 4 nitrogen and oxygen atoms in total. The molecule has 0 unspecified atom stereocenters. The largest absolute Gasteiger partial charge is 0.495 e. The normalized spacial score (nSPS) is 13.9. The lowest BCUT2D eigenvalue weighted by Crippen LogP contribution is -2.19. The summed E-state index contributed by atoms with van der Waals surface area (Å²) in [6, 6.07) is 15.7. The van der Waals surface area contributed by atoms with Crippen LogP contribution in [-0.4, -0.2) is 26.1 Å². The topological polar surface area (TPSA) is 41.6 Å². The van der Waals surface area contributed by atoms with E-state index in [0.29, 0.717) is 12.2 Å². The first-order valence-corrected chi connectivity index (χ1v) is 8.03. The number of nitrogens with zero attached hydrogens (tertiary/aromatic N) is 1. The van der Waals surface area contributed by atoms with Crippen molar-refractivity contribution in [2.75, 3.05) is 30.4 Å². The summed E-state index contributed by atoms with van der Waals surface area (Å²) in [5.74, 6) is 0.655. The highest BCUT2D eigenvalue weighted by Crippen LogP contribution is 2.31. The third kappa shape index (κ3) is 3.83. The maximum Gasteiger partial charge on any atom is 0.228 e. The fourth-order valence-corrected chi connectivity index (χ4v) is 2.94. The molecule has 23 heavy (non-hydrogen) atoms. The van der Waals surface area contributed by atoms with E-state index in [4.69, 9.17) is 4.74 Å². The van der Waals surface area contributed by atoms with Crippen molar-refractivity contribution in [3.05, 3.63) is 54.1 Å². The first kappa shape index (κ1) is 15.4. The van der Waals surface area contributed by atoms with Crippen LogP contribution in [0.4, 0.5) is 11.4 Å². The van der Waals surface area contributed by atoms with Gasteiger partial charge in [-0.2, -0.15) is 0 Å². The van der Waals surface area contributed by atoms with Crippen molar-refractivity contribution in [3.8, 4) is 5.75 Å². The van der Waals surface area contributed by atoms with Gasteiger partial charge in [-0.25, -0.2) is 0 Å². The van der Waals surface area contributed by atoms with Crippen molar-refractivity contribution in [1.82, 2.24) is 0 Å². The van der Waals surface area contributed by atoms with Gasteiger partial charge in [-0.05, 0) is 36.6 Å². The van der Waals surface area contributed by atoms with Crippen molar-refractivity contribution in [3.63, 3.8) is 0 Å². The number of amides is 1. The lowest BCUT2D eigenvalue weighted by molar-refractivity contribution is -0.115. The summed E-state index contributed by atoms with van der Waals surface area (Å²) in [5.41, 5.74) is 2.87. The van der Waals surface area contributed by atoms with Crippen LogP contribution >= 0.6 is 0 Å². The maximum atomic E-state index is 12.3. The number of rotatable bonds is 5. The van der Waals surface area contributed by atoms with E-state index in [1.165, 1.54) is 12.8 Å². The molecular formula is C19H22N2O2. The monoisotopic (exact) mass is 310 g/mol. The van der Waals surface area contributed by atoms with E-state index in [1.807, 2.05) is 42.5 Å². The van der Waals surface area contributed by atoms with Crippen LogP contribution in [0.3, 0.4) is 0 Å². The molecule has 1 saturated heterocycles. The molecular weight excluding hydrogens is 288 g/mol. The Morgan fingerprint density at radius 3 is 2.57 bits per heavy atom. The fourth-order valence-electron chi connectivity index (χ4n) is 2.94. The standard InChI is InChI=1S/C19H22N2O2/c1-23-18-10-9-16(21-11-5-6-12-21)14-17(18)20-19(22)13-15-7-3-2-4-8-15/h2-4,7-10,14H,5-6,11-13H2,1H3,(H,20,22). The van der Waals surface area contributed by atoms with E-state index in [0.717, 1.165) is 30.0 Å². The number of carbonyl (C=O) groups is 1. The zero-order valence-corrected chi connectivity index (χ0v) is 13.4. The molecule has 0 radical (unpaired) electrons. The summed E-state index contributed by atoms with van der Waals surface area (Å²) in [6.07, 6.45) is 2.81. The number of methoxy groups -OCH3 is 1. The molecule has 1 aliphatic heterocycles. The van der Waals surface area contributed by atoms with Gasteiger partial charge in [-0.1, -0.05) is 30.3 Å². The number of anilines is 2. The lowest BCUT2D eigenvalue weighted by Gasteiger charge is -2.20. The molecule has 4 heteroatoms. The maximum absolute atomic E-state index is 12.3. The van der Waals surface area contributed by atoms with Crippen LogP contribution in [0.5, 0.6) is 5.75 Å². The first-order valence-electron chi connectivity index (χ1n) is 8.03. The zero-order valence-electron chi connectivity index (χ0n) is 13.4. The highest BCUT2D eigenvalue weighted by Gasteiger charge is 2.15. The average molecular weight is 310 g/mol. The van der Waals surface area contributed by atoms with E-state index < -0.39 is 0 Å². The van der Waals surface area contributed by atoms with Gasteiger partial charge >= 0.3 is 0 Å². The van der Waals surface area contributed by atoms with E-state index >= 15 is 0 Å². The van der Waals surface area contributed by atoms with E-state index in [2.05, 4.69) is 16.3 Å². The molecule has 120 valence electrons. The van der Waals surface area contributed by atoms with Crippen molar-refractivity contribution < 1.29 is 9.53 Å². The Morgan fingerprint density at radius 1 is 1.13 bits per heavy atom. The second kappa shape index (κ2) is 7.18. The minimum Gasteiger partial charge on any atom is -0.495 e. The van der Waals surface area contributed by atoms with Crippen molar-refractivity contribution in [2.45, 2.75) is 19.3 Å². The summed E-state index contributed by atoms with van der Waals surface area (Å²) in [6.45, 7) is 2.15. The molecule has 1 N–H and O–H groups in total. The molecule has 2 aromatic rings. The Bertz CT molecular complexity index is 664. The summed E-state index contributed by atoms with van der Waals surface area (Å²) in [7, 11) is 1.62. The molecule has 0 bridgehead atoms. The third-order valence-electron chi connectivity index (χ3n) is 4.14. The molecule has 3 rings (SSSR count). The Hall–Kier alpha value is -2.49. The molecule has 0 spiro atoms. The number of nitrogens with one attached hydrogen (secondary N) is 1. The molecule has 0 atom stereocenters. The molecule has 0 saturated carbocycles. The van der Waals surface area contributed by atoms with Crippen molar-refractivity contribution >= 4 is 17.3 Å². The second-order valence-electron chi connectivity index (χ2n) is 5.79. The Kier molecular flexibility index (Phi) is 4.81. The number of ether oxygens (including phenoxy) is 1. The summed E-state index contributed by atoms with van der Waals surface area (Å²) >= 11 is 0. The van der Waals surface area contributed by atoms with Gasteiger partial charge in [-0.3, -0.25) is 4.79 Å². The van der Waals surface area contributed by atoms with Gasteiger partial charge < -0.3 is 15.0 Å². The number of carbonyl (C=O) groups excluding carboxylic acids is 1. The summed E-state index contributed by atoms with van der Waals surface area (Å²) in [4.78, 5) is 14.6. The molecule has 1 fully saturated rings. The summed E-state index contributed by atoms with van der Waals surface area (Å²) in [5, 5.41) is 2.98. The smallest absolute Gasteiger partial charge is 0.228 e. The van der Waals surface area contributed by atoms with Crippen molar-refractivity contribution in [2.24, 2.45) is 0 Å². The second-order valence-corrected chi connectivity index (χ2v) is 5.79. The Labute approximate surface area is 137 Å². The van der Waals surface area contributed by atoms with Crippen LogP contribution in [0.1, 0.15) is 18.4 Å². The number of hydrogen-bond acceptors (Lipinski definition) is 3. The van der Waals surface area contributed by atoms with Gasteiger partial charge in [0.2, 0.25) is 5.91 Å². The van der Waals surface area contributed by atoms with Crippen LogP contribution in [0, 0.1) is 0 Å². The average Bonchev–Trinajstić information content (AvgIpc) is 3.10. The van der Waals surface area contributed by atoms with Gasteiger partial charge in [0.1, 0.15) is 5.75 Å². The number of benzene rings is 2. The highest BCUT2D eigenvalue weighted by atomic mass is 16.5. The van der Waals surface area contributed by atoms with E-state index in [1.54, 1.807) is 7.11 Å². The minimum atomic E-state index is -0.0342. The minimum absolute atomic E-state index is 0.0342. The predicted octanol–water partition coefficient (Wildman–Crippen LogP) is 3.48. The molecule has 1 aliphatic rings. The Morgan fingerprint density at radius 2 is 1.87 bits per heavy atom. The Balaban J connectivity index is 1.74. The molecule has 0 aliphatic carbocycles. The van der Waals surface area contributed by atoms with E-state index in [-0.39, 0.29) is 5.91 Å². The molecule has 1 amide bonds. The van der Waals surface area contributed by atoms with Crippen LogP contribution in [0.25, 0.3) is 0 Å². The quantitative estimate of drug-likeness (QED) is 0.919. The third-order valence-corrected chi connectivity index (χ3v) is 4.14. The highest BCUT2D eigenvalue weighted by molar-refractivity contribution is 5.94. The lowest BCUT2D eigenvalue weighted by atomic mass is 10.1. The van der Waals surface area contributed by atoms with Crippen LogP contribution < -0.4 is 15.0 Å². The number of hydrogen-bond donors (Lipinski definition) is 1. The van der Waals surface area contributed by atoms with Gasteiger partial charge in [0.05, 0.1) is 19.2 Å². The molecule has 2 aromatic carbocycles. The van der Waals surface area contributed by atoms with Crippen LogP contribution in [0.15, 0.2) is 48.5 Å². The van der Waals surface area contributed by atoms with Gasteiger partial charge in [0, 0.05) is 18.8 Å². The van der Waals surface area contributed by atoms with Gasteiger partial charge in [-0.15, -0.1) is 0 Å². The molecule has 0 aromatic heterocycles. The van der Waals surface area contributed by atoms with Crippen LogP contribution in [-0.2, 0) is 11.2 Å². The van der Waals surface area contributed by atoms with Gasteiger partial charge in [0.15, 0.2) is 0 Å². The van der Waals surface area contributed by atoms with Gasteiger partial charge in [0.25, 0.3) is 0 Å². The predicted molar refractivity (Wildman–Crippen MR) is 93.2 cm³/mol. The van der Waals surface area contributed by atoms with Crippen LogP contribution in [0.2, 0.25) is 0 Å². The van der Waals surface area contributed by atoms with E-state index in [9.17, 15) is 4.79 Å². The fraction of sp³-hybridized carbons (Fsp3) is 0.316. The molecule has 1 heterocycles. The first-order chi connectivity index (χ1) is 11.3. The SMILES string of the molecule is COc1ccc(N2CCCC2)cc1NC(=O)Cc1ccccc1. The van der Waals surface area contributed by atoms with Crippen molar-refractivity contribution in [1.29, 1.82) is 0 Å². The summed E-state index contributed by atoms with van der Waals surface area (Å²) < 4.78 is 5.38.